The van der Waals surface area contributed by atoms with Gasteiger partial charge in [-0.2, -0.15) is 4.98 Å². The van der Waals surface area contributed by atoms with E-state index in [9.17, 15) is 0 Å². The van der Waals surface area contributed by atoms with Crippen molar-refractivity contribution in [3.05, 3.63) is 11.7 Å². The average Bonchev–Trinajstić information content (AvgIpc) is 2.70. The lowest BCUT2D eigenvalue weighted by Gasteiger charge is -2.23. The second-order valence-corrected chi connectivity index (χ2v) is 5.07. The Bertz CT molecular complexity index is 358. The van der Waals surface area contributed by atoms with E-state index < -0.39 is 5.54 Å². The smallest absolute Gasteiger partial charge is 0.226 e. The Labute approximate surface area is 102 Å². The molecular formula is C12H21N3O2. The molecule has 0 spiro atoms. The number of hydrogen-bond acceptors (Lipinski definition) is 5. The first kappa shape index (κ1) is 12.5. The molecule has 1 aliphatic carbocycles. The minimum Gasteiger partial charge on any atom is -0.379 e. The molecule has 5 heteroatoms. The molecule has 17 heavy (non-hydrogen) atoms. The van der Waals surface area contributed by atoms with E-state index in [0.29, 0.717) is 24.9 Å². The Kier molecular flexibility index (Phi) is 3.79. The minimum absolute atomic E-state index is 0.409. The van der Waals surface area contributed by atoms with Crippen molar-refractivity contribution in [1.29, 1.82) is 0 Å². The summed E-state index contributed by atoms with van der Waals surface area (Å²) in [7, 11) is 0. The van der Waals surface area contributed by atoms with E-state index >= 15 is 0 Å². The van der Waals surface area contributed by atoms with Gasteiger partial charge < -0.3 is 15.0 Å². The zero-order valence-corrected chi connectivity index (χ0v) is 10.6. The van der Waals surface area contributed by atoms with E-state index in [1.807, 2.05) is 13.8 Å². The Morgan fingerprint density at radius 1 is 1.53 bits per heavy atom. The molecule has 1 aliphatic rings. The SMILES string of the molecule is CCOCC(C)(N)c1noc(CC2CCC2)n1. The van der Waals surface area contributed by atoms with Crippen molar-refractivity contribution in [3.63, 3.8) is 0 Å². The topological polar surface area (TPSA) is 74.2 Å². The van der Waals surface area contributed by atoms with Crippen LogP contribution in [0.2, 0.25) is 0 Å². The Morgan fingerprint density at radius 2 is 2.29 bits per heavy atom. The third-order valence-electron chi connectivity index (χ3n) is 3.27. The van der Waals surface area contributed by atoms with Gasteiger partial charge in [0.25, 0.3) is 0 Å². The Morgan fingerprint density at radius 3 is 2.88 bits per heavy atom. The normalized spacial score (nSPS) is 19.9. The van der Waals surface area contributed by atoms with E-state index in [1.165, 1.54) is 19.3 Å². The molecule has 0 aliphatic heterocycles. The molecule has 0 amide bonds. The Balaban J connectivity index is 1.95. The summed E-state index contributed by atoms with van der Waals surface area (Å²) < 4.78 is 10.6. The first-order chi connectivity index (χ1) is 8.12. The van der Waals surface area contributed by atoms with Crippen LogP contribution in [0, 0.1) is 5.92 Å². The molecule has 1 aromatic rings. The maximum atomic E-state index is 6.10. The van der Waals surface area contributed by atoms with Gasteiger partial charge in [0.2, 0.25) is 5.89 Å². The molecule has 1 atom stereocenters. The quantitative estimate of drug-likeness (QED) is 0.816. The summed E-state index contributed by atoms with van der Waals surface area (Å²) in [6.07, 6.45) is 4.76. The predicted octanol–water partition coefficient (Wildman–Crippen LogP) is 1.62. The maximum absolute atomic E-state index is 6.10. The molecule has 2 N–H and O–H groups in total. The average molecular weight is 239 g/mol. The van der Waals surface area contributed by atoms with Gasteiger partial charge in [0, 0.05) is 13.0 Å². The molecule has 0 radical (unpaired) electrons. The number of hydrogen-bond donors (Lipinski definition) is 1. The third-order valence-corrected chi connectivity index (χ3v) is 3.27. The van der Waals surface area contributed by atoms with Gasteiger partial charge in [0.1, 0.15) is 5.54 Å². The number of nitrogens with zero attached hydrogens (tertiary/aromatic N) is 2. The van der Waals surface area contributed by atoms with Crippen LogP contribution in [0.15, 0.2) is 4.52 Å². The number of nitrogens with two attached hydrogens (primary N) is 1. The van der Waals surface area contributed by atoms with Crippen LogP contribution in [0.1, 0.15) is 44.8 Å². The number of rotatable bonds is 6. The minimum atomic E-state index is -0.669. The molecular weight excluding hydrogens is 218 g/mol. The molecule has 0 aromatic carbocycles. The fourth-order valence-electron chi connectivity index (χ4n) is 1.89. The van der Waals surface area contributed by atoms with Crippen LogP contribution in [-0.2, 0) is 16.7 Å². The second-order valence-electron chi connectivity index (χ2n) is 5.07. The molecule has 1 heterocycles. The highest BCUT2D eigenvalue weighted by molar-refractivity contribution is 5.02. The van der Waals surface area contributed by atoms with Crippen molar-refractivity contribution in [3.8, 4) is 0 Å². The van der Waals surface area contributed by atoms with Crippen molar-refractivity contribution in [2.75, 3.05) is 13.2 Å². The van der Waals surface area contributed by atoms with Crippen LogP contribution in [0.4, 0.5) is 0 Å². The zero-order valence-electron chi connectivity index (χ0n) is 10.6. The molecule has 1 unspecified atom stereocenters. The highest BCUT2D eigenvalue weighted by atomic mass is 16.5. The van der Waals surface area contributed by atoms with Gasteiger partial charge >= 0.3 is 0 Å². The lowest BCUT2D eigenvalue weighted by molar-refractivity contribution is 0.0962. The molecule has 1 aromatic heterocycles. The van der Waals surface area contributed by atoms with E-state index in [1.54, 1.807) is 0 Å². The van der Waals surface area contributed by atoms with Crippen molar-refractivity contribution < 1.29 is 9.26 Å². The lowest BCUT2D eigenvalue weighted by atomic mass is 9.83. The predicted molar refractivity (Wildman–Crippen MR) is 63.4 cm³/mol. The van der Waals surface area contributed by atoms with Gasteiger partial charge in [-0.05, 0) is 32.6 Å². The van der Waals surface area contributed by atoms with Gasteiger partial charge in [-0.25, -0.2) is 0 Å². The number of ether oxygens (including phenoxy) is 1. The van der Waals surface area contributed by atoms with E-state index in [-0.39, 0.29) is 0 Å². The third kappa shape index (κ3) is 3.04. The van der Waals surface area contributed by atoms with Crippen LogP contribution >= 0.6 is 0 Å². The fourth-order valence-corrected chi connectivity index (χ4v) is 1.89. The van der Waals surface area contributed by atoms with Crippen LogP contribution < -0.4 is 5.73 Å². The molecule has 96 valence electrons. The van der Waals surface area contributed by atoms with Crippen molar-refractivity contribution in [2.24, 2.45) is 11.7 Å². The first-order valence-corrected chi connectivity index (χ1v) is 6.31. The lowest BCUT2D eigenvalue weighted by Crippen LogP contribution is -2.39. The summed E-state index contributed by atoms with van der Waals surface area (Å²) in [4.78, 5) is 4.37. The summed E-state index contributed by atoms with van der Waals surface area (Å²) in [6, 6.07) is 0. The van der Waals surface area contributed by atoms with Crippen LogP contribution in [0.25, 0.3) is 0 Å². The van der Waals surface area contributed by atoms with E-state index in [2.05, 4.69) is 10.1 Å². The van der Waals surface area contributed by atoms with E-state index in [4.69, 9.17) is 15.0 Å². The van der Waals surface area contributed by atoms with Crippen molar-refractivity contribution in [2.45, 2.75) is 45.1 Å². The van der Waals surface area contributed by atoms with Crippen molar-refractivity contribution in [1.82, 2.24) is 10.1 Å². The molecule has 1 fully saturated rings. The molecule has 0 saturated heterocycles. The van der Waals surface area contributed by atoms with Gasteiger partial charge in [-0.1, -0.05) is 11.6 Å². The van der Waals surface area contributed by atoms with Crippen LogP contribution in [-0.4, -0.2) is 23.4 Å². The maximum Gasteiger partial charge on any atom is 0.226 e. The molecule has 1 saturated carbocycles. The van der Waals surface area contributed by atoms with Crippen LogP contribution in [0.3, 0.4) is 0 Å². The van der Waals surface area contributed by atoms with E-state index in [0.717, 1.165) is 12.3 Å². The van der Waals surface area contributed by atoms with Gasteiger partial charge in [-0.3, -0.25) is 0 Å². The highest BCUT2D eigenvalue weighted by Gasteiger charge is 2.29. The van der Waals surface area contributed by atoms with Gasteiger partial charge in [-0.15, -0.1) is 0 Å². The summed E-state index contributed by atoms with van der Waals surface area (Å²) >= 11 is 0. The summed E-state index contributed by atoms with van der Waals surface area (Å²) in [5.41, 5.74) is 5.44. The Hall–Kier alpha value is -0.940. The summed E-state index contributed by atoms with van der Waals surface area (Å²) in [5, 5.41) is 3.96. The largest absolute Gasteiger partial charge is 0.379 e. The zero-order chi connectivity index (χ0) is 12.3. The van der Waals surface area contributed by atoms with Gasteiger partial charge in [0.05, 0.1) is 6.61 Å². The molecule has 0 bridgehead atoms. The monoisotopic (exact) mass is 239 g/mol. The van der Waals surface area contributed by atoms with Crippen LogP contribution in [0.5, 0.6) is 0 Å². The summed E-state index contributed by atoms with van der Waals surface area (Å²) in [5.74, 6) is 1.97. The molecule has 5 nitrogen and oxygen atoms in total. The second kappa shape index (κ2) is 5.14. The molecule has 2 rings (SSSR count). The summed E-state index contributed by atoms with van der Waals surface area (Å²) in [6.45, 7) is 4.85. The van der Waals surface area contributed by atoms with Crippen molar-refractivity contribution >= 4 is 0 Å². The standard InChI is InChI=1S/C12H21N3O2/c1-3-16-8-12(2,13)11-14-10(17-15-11)7-9-5-4-6-9/h9H,3-8,13H2,1-2H3. The first-order valence-electron chi connectivity index (χ1n) is 6.31. The fraction of sp³-hybridized carbons (Fsp3) is 0.833. The van der Waals surface area contributed by atoms with Gasteiger partial charge in [0.15, 0.2) is 5.82 Å². The highest BCUT2D eigenvalue weighted by Crippen LogP contribution is 2.29. The number of aromatic nitrogens is 2.